The topological polar surface area (TPSA) is 62.3 Å². The fraction of sp³-hybridized carbons (Fsp3) is 0.240. The lowest BCUT2D eigenvalue weighted by Gasteiger charge is -2.29. The van der Waals surface area contributed by atoms with Crippen molar-refractivity contribution in [1.82, 2.24) is 4.98 Å². The van der Waals surface area contributed by atoms with Crippen molar-refractivity contribution in [2.24, 2.45) is 0 Å². The Hall–Kier alpha value is -2.92. The number of benzene rings is 3. The summed E-state index contributed by atoms with van der Waals surface area (Å²) in [5.74, 6) is 0.654. The number of carboxylic acid groups (broad SMARTS) is 1. The van der Waals surface area contributed by atoms with Crippen LogP contribution in [0, 0.1) is 0 Å². The summed E-state index contributed by atoms with van der Waals surface area (Å²) in [4.78, 5) is 15.8. The Morgan fingerprint density at radius 3 is 2.60 bits per heavy atom. The van der Waals surface area contributed by atoms with Gasteiger partial charge in [0.1, 0.15) is 0 Å². The second kappa shape index (κ2) is 8.07. The number of para-hydroxylation sites is 1. The van der Waals surface area contributed by atoms with Crippen LogP contribution in [0.1, 0.15) is 37.2 Å². The van der Waals surface area contributed by atoms with Crippen LogP contribution in [0.2, 0.25) is 0 Å². The molecule has 2 N–H and O–H groups in total. The number of hydrogen-bond donors (Lipinski definition) is 2. The molecule has 30 heavy (non-hydrogen) atoms. The SMILES string of the molecule is O=C(O)Oc1[nH]c2ccccc2c1C1CCCC(Sc2cccc3ccccc23)C1. The molecule has 1 aliphatic rings. The van der Waals surface area contributed by atoms with Crippen molar-refractivity contribution < 1.29 is 14.6 Å². The molecule has 2 unspecified atom stereocenters. The molecule has 0 amide bonds. The Morgan fingerprint density at radius 2 is 1.73 bits per heavy atom. The second-order valence-electron chi connectivity index (χ2n) is 7.86. The molecular weight excluding hydrogens is 394 g/mol. The molecule has 2 atom stereocenters. The zero-order valence-corrected chi connectivity index (χ0v) is 17.3. The maximum atomic E-state index is 11.3. The summed E-state index contributed by atoms with van der Waals surface area (Å²) >= 11 is 1.95. The number of aromatic amines is 1. The molecular formula is C25H23NO3S. The van der Waals surface area contributed by atoms with Crippen molar-refractivity contribution in [3.8, 4) is 5.88 Å². The van der Waals surface area contributed by atoms with Crippen molar-refractivity contribution in [3.05, 3.63) is 72.3 Å². The standard InChI is InChI=1S/C25H23NO3S/c27-25(28)29-24-23(20-12-3-4-13-21(20)26-24)17-9-5-10-18(15-17)30-22-14-6-8-16-7-1-2-11-19(16)22/h1-4,6-8,11-14,17-18,26H,5,9-10,15H2,(H,27,28). The summed E-state index contributed by atoms with van der Waals surface area (Å²) in [6.45, 7) is 0. The van der Waals surface area contributed by atoms with Gasteiger partial charge in [-0.1, -0.05) is 61.0 Å². The molecule has 0 saturated heterocycles. The third-order valence-electron chi connectivity index (χ3n) is 5.98. The summed E-state index contributed by atoms with van der Waals surface area (Å²) < 4.78 is 5.15. The molecule has 3 aromatic carbocycles. The fourth-order valence-corrected chi connectivity index (χ4v) is 6.15. The molecule has 0 aliphatic heterocycles. The minimum Gasteiger partial charge on any atom is -0.449 e. The van der Waals surface area contributed by atoms with E-state index in [9.17, 15) is 9.90 Å². The minimum atomic E-state index is -1.28. The van der Waals surface area contributed by atoms with Crippen LogP contribution in [0.25, 0.3) is 21.7 Å². The van der Waals surface area contributed by atoms with Crippen LogP contribution < -0.4 is 4.74 Å². The molecule has 4 nitrogen and oxygen atoms in total. The molecule has 0 bridgehead atoms. The van der Waals surface area contributed by atoms with Crippen molar-refractivity contribution in [2.75, 3.05) is 0 Å². The first-order valence-electron chi connectivity index (χ1n) is 10.3. The average molecular weight is 418 g/mol. The number of ether oxygens (including phenoxy) is 1. The van der Waals surface area contributed by atoms with Gasteiger partial charge in [0.05, 0.1) is 0 Å². The largest absolute Gasteiger partial charge is 0.512 e. The normalized spacial score (nSPS) is 19.2. The third-order valence-corrected chi connectivity index (χ3v) is 7.35. The highest BCUT2D eigenvalue weighted by Gasteiger charge is 2.29. The van der Waals surface area contributed by atoms with Gasteiger partial charge in [0.15, 0.2) is 0 Å². The zero-order valence-electron chi connectivity index (χ0n) is 16.5. The van der Waals surface area contributed by atoms with Crippen LogP contribution in [0.4, 0.5) is 4.79 Å². The van der Waals surface area contributed by atoms with Gasteiger partial charge in [-0.25, -0.2) is 4.79 Å². The van der Waals surface area contributed by atoms with E-state index < -0.39 is 6.16 Å². The number of nitrogens with one attached hydrogen (secondary N) is 1. The van der Waals surface area contributed by atoms with Crippen LogP contribution in [0.5, 0.6) is 5.88 Å². The molecule has 5 heteroatoms. The van der Waals surface area contributed by atoms with E-state index in [4.69, 9.17) is 4.74 Å². The summed E-state index contributed by atoms with van der Waals surface area (Å²) in [5, 5.41) is 13.3. The molecule has 0 spiro atoms. The second-order valence-corrected chi connectivity index (χ2v) is 9.20. The molecule has 1 fully saturated rings. The lowest BCUT2D eigenvalue weighted by atomic mass is 9.83. The van der Waals surface area contributed by atoms with Gasteiger partial charge in [0.25, 0.3) is 0 Å². The highest BCUT2D eigenvalue weighted by molar-refractivity contribution is 8.00. The Morgan fingerprint density at radius 1 is 0.967 bits per heavy atom. The summed E-state index contributed by atoms with van der Waals surface area (Å²) in [7, 11) is 0. The van der Waals surface area contributed by atoms with E-state index in [1.807, 2.05) is 30.0 Å². The number of H-pyrrole nitrogens is 1. The maximum Gasteiger partial charge on any atom is 0.512 e. The number of aromatic nitrogens is 1. The van der Waals surface area contributed by atoms with E-state index in [1.165, 1.54) is 22.1 Å². The molecule has 1 aromatic heterocycles. The van der Waals surface area contributed by atoms with Crippen LogP contribution >= 0.6 is 11.8 Å². The maximum absolute atomic E-state index is 11.3. The van der Waals surface area contributed by atoms with Crippen LogP contribution in [-0.2, 0) is 0 Å². The predicted molar refractivity (Wildman–Crippen MR) is 122 cm³/mol. The highest BCUT2D eigenvalue weighted by atomic mass is 32.2. The summed E-state index contributed by atoms with van der Waals surface area (Å²) in [6, 6.07) is 23.0. The van der Waals surface area contributed by atoms with Gasteiger partial charge >= 0.3 is 6.16 Å². The lowest BCUT2D eigenvalue weighted by molar-refractivity contribution is 0.142. The minimum absolute atomic E-state index is 0.275. The van der Waals surface area contributed by atoms with E-state index in [1.54, 1.807) is 0 Å². The van der Waals surface area contributed by atoms with Gasteiger partial charge in [0, 0.05) is 26.6 Å². The molecule has 5 rings (SSSR count). The van der Waals surface area contributed by atoms with Gasteiger partial charge in [-0.05, 0) is 48.1 Å². The molecule has 4 aromatic rings. The zero-order chi connectivity index (χ0) is 20.5. The quantitative estimate of drug-likeness (QED) is 0.345. The third kappa shape index (κ3) is 3.65. The number of hydrogen-bond acceptors (Lipinski definition) is 3. The van der Waals surface area contributed by atoms with Gasteiger partial charge in [-0.2, -0.15) is 0 Å². The van der Waals surface area contributed by atoms with Crippen LogP contribution in [0.3, 0.4) is 0 Å². The Labute approximate surface area is 179 Å². The van der Waals surface area contributed by atoms with Crippen LogP contribution in [-0.4, -0.2) is 21.5 Å². The van der Waals surface area contributed by atoms with E-state index in [-0.39, 0.29) is 5.92 Å². The van der Waals surface area contributed by atoms with Crippen molar-refractivity contribution >= 4 is 39.6 Å². The smallest absolute Gasteiger partial charge is 0.449 e. The summed E-state index contributed by atoms with van der Waals surface area (Å²) in [5.41, 5.74) is 1.93. The molecule has 152 valence electrons. The Kier molecular flexibility index (Phi) is 5.13. The van der Waals surface area contributed by atoms with Gasteiger partial charge in [0.2, 0.25) is 5.88 Å². The average Bonchev–Trinajstić information content (AvgIpc) is 3.11. The first kappa shape index (κ1) is 19.1. The van der Waals surface area contributed by atoms with Gasteiger partial charge in [-0.3, -0.25) is 0 Å². The first-order chi connectivity index (χ1) is 14.7. The molecule has 0 radical (unpaired) electrons. The van der Waals surface area contributed by atoms with Crippen molar-refractivity contribution in [1.29, 1.82) is 0 Å². The number of thioether (sulfide) groups is 1. The molecule has 1 saturated carbocycles. The highest BCUT2D eigenvalue weighted by Crippen LogP contribution is 2.46. The van der Waals surface area contributed by atoms with Gasteiger partial charge in [-0.15, -0.1) is 11.8 Å². The number of fused-ring (bicyclic) bond motifs is 2. The van der Waals surface area contributed by atoms with Gasteiger partial charge < -0.3 is 14.8 Å². The van der Waals surface area contributed by atoms with E-state index in [0.29, 0.717) is 11.1 Å². The first-order valence-corrected chi connectivity index (χ1v) is 11.2. The summed E-state index contributed by atoms with van der Waals surface area (Å²) in [6.07, 6.45) is 3.07. The predicted octanol–water partition coefficient (Wildman–Crippen LogP) is 7.20. The lowest BCUT2D eigenvalue weighted by Crippen LogP contribution is -2.17. The van der Waals surface area contributed by atoms with Crippen LogP contribution in [0.15, 0.2) is 71.6 Å². The molecule has 1 aliphatic carbocycles. The van der Waals surface area contributed by atoms with Crippen molar-refractivity contribution in [2.45, 2.75) is 41.7 Å². The van der Waals surface area contributed by atoms with E-state index in [2.05, 4.69) is 53.5 Å². The van der Waals surface area contributed by atoms with Crippen molar-refractivity contribution in [3.63, 3.8) is 0 Å². The molecule has 1 heterocycles. The van der Waals surface area contributed by atoms with E-state index in [0.717, 1.165) is 35.7 Å². The number of carbonyl (C=O) groups is 1. The number of rotatable bonds is 4. The van der Waals surface area contributed by atoms with E-state index >= 15 is 0 Å². The fourth-order valence-electron chi connectivity index (χ4n) is 4.70. The monoisotopic (exact) mass is 417 g/mol. The Bertz CT molecular complexity index is 1210. The Balaban J connectivity index is 1.45.